The molecule has 1 aromatic carbocycles. The Morgan fingerprint density at radius 1 is 1.59 bits per heavy atom. The average Bonchev–Trinajstić information content (AvgIpc) is 2.63. The van der Waals surface area contributed by atoms with E-state index in [0.29, 0.717) is 10.5 Å². The number of thiol groups is 1. The summed E-state index contributed by atoms with van der Waals surface area (Å²) in [5.74, 6) is -0.0391. The quantitative estimate of drug-likeness (QED) is 0.820. The van der Waals surface area contributed by atoms with Gasteiger partial charge < -0.3 is 10.2 Å². The van der Waals surface area contributed by atoms with E-state index in [-0.39, 0.29) is 11.9 Å². The summed E-state index contributed by atoms with van der Waals surface area (Å²) in [6.45, 7) is 1.96. The van der Waals surface area contributed by atoms with Gasteiger partial charge in [-0.3, -0.25) is 4.79 Å². The molecular formula is C12H15BrN2OS. The van der Waals surface area contributed by atoms with Crippen LogP contribution in [0.15, 0.2) is 27.6 Å². The SMILES string of the molecule is CN1CCC(NC(=O)c2ccc(Br)cc2S)C1. The minimum Gasteiger partial charge on any atom is -0.348 e. The van der Waals surface area contributed by atoms with Crippen molar-refractivity contribution < 1.29 is 4.79 Å². The summed E-state index contributed by atoms with van der Waals surface area (Å²) in [5.41, 5.74) is 0.631. The predicted octanol–water partition coefficient (Wildman–Crippen LogP) is 2.17. The van der Waals surface area contributed by atoms with Crippen molar-refractivity contribution in [1.82, 2.24) is 10.2 Å². The molecule has 0 saturated carbocycles. The van der Waals surface area contributed by atoms with Crippen molar-refractivity contribution in [3.8, 4) is 0 Å². The molecule has 0 spiro atoms. The molecule has 3 nitrogen and oxygen atoms in total. The number of likely N-dealkylation sites (N-methyl/N-ethyl adjacent to an activating group) is 1. The molecule has 92 valence electrons. The van der Waals surface area contributed by atoms with Gasteiger partial charge in [0.25, 0.3) is 5.91 Å². The molecule has 1 fully saturated rings. The lowest BCUT2D eigenvalue weighted by Crippen LogP contribution is -2.36. The summed E-state index contributed by atoms with van der Waals surface area (Å²) in [7, 11) is 2.07. The Bertz CT molecular complexity index is 439. The predicted molar refractivity (Wildman–Crippen MR) is 74.8 cm³/mol. The van der Waals surface area contributed by atoms with E-state index >= 15 is 0 Å². The molecule has 2 rings (SSSR count). The highest BCUT2D eigenvalue weighted by Gasteiger charge is 2.22. The zero-order valence-electron chi connectivity index (χ0n) is 9.61. The fourth-order valence-electron chi connectivity index (χ4n) is 2.01. The van der Waals surface area contributed by atoms with Crippen molar-refractivity contribution in [3.63, 3.8) is 0 Å². The third-order valence-corrected chi connectivity index (χ3v) is 3.79. The molecule has 1 aliphatic heterocycles. The molecule has 0 aliphatic carbocycles. The minimum absolute atomic E-state index is 0.0391. The molecule has 1 atom stereocenters. The van der Waals surface area contributed by atoms with Crippen LogP contribution in [0.2, 0.25) is 0 Å². The topological polar surface area (TPSA) is 32.3 Å². The van der Waals surface area contributed by atoms with Gasteiger partial charge in [0, 0.05) is 22.0 Å². The largest absolute Gasteiger partial charge is 0.348 e. The normalized spacial score (nSPS) is 20.5. The van der Waals surface area contributed by atoms with Gasteiger partial charge in [-0.05, 0) is 38.2 Å². The summed E-state index contributed by atoms with van der Waals surface area (Å²) >= 11 is 7.67. The van der Waals surface area contributed by atoms with Gasteiger partial charge in [0.1, 0.15) is 0 Å². The van der Waals surface area contributed by atoms with Gasteiger partial charge in [-0.25, -0.2) is 0 Å². The lowest BCUT2D eigenvalue weighted by molar-refractivity contribution is 0.0935. The number of carbonyl (C=O) groups excluding carboxylic acids is 1. The first kappa shape index (κ1) is 12.9. The summed E-state index contributed by atoms with van der Waals surface area (Å²) in [5, 5.41) is 3.04. The van der Waals surface area contributed by atoms with Crippen LogP contribution in [0.3, 0.4) is 0 Å². The van der Waals surface area contributed by atoms with Crippen LogP contribution >= 0.6 is 28.6 Å². The van der Waals surface area contributed by atoms with Gasteiger partial charge in [-0.15, -0.1) is 12.6 Å². The van der Waals surface area contributed by atoms with Gasteiger partial charge in [0.2, 0.25) is 0 Å². The van der Waals surface area contributed by atoms with E-state index in [4.69, 9.17) is 0 Å². The van der Waals surface area contributed by atoms with Crippen LogP contribution in [0.25, 0.3) is 0 Å². The summed E-state index contributed by atoms with van der Waals surface area (Å²) < 4.78 is 0.930. The Labute approximate surface area is 115 Å². The van der Waals surface area contributed by atoms with Crippen LogP contribution in [0.4, 0.5) is 0 Å². The van der Waals surface area contributed by atoms with Crippen molar-refractivity contribution in [2.24, 2.45) is 0 Å². The van der Waals surface area contributed by atoms with Gasteiger partial charge in [0.05, 0.1) is 5.56 Å². The lowest BCUT2D eigenvalue weighted by Gasteiger charge is -2.13. The van der Waals surface area contributed by atoms with Gasteiger partial charge in [0.15, 0.2) is 0 Å². The first-order chi connectivity index (χ1) is 8.06. The lowest BCUT2D eigenvalue weighted by atomic mass is 10.2. The van der Waals surface area contributed by atoms with Gasteiger partial charge in [-0.1, -0.05) is 15.9 Å². The first-order valence-corrected chi connectivity index (χ1v) is 6.78. The highest BCUT2D eigenvalue weighted by molar-refractivity contribution is 9.10. The number of nitrogens with zero attached hydrogens (tertiary/aromatic N) is 1. The summed E-state index contributed by atoms with van der Waals surface area (Å²) in [6, 6.07) is 5.73. The van der Waals surface area contributed by atoms with Crippen molar-refractivity contribution in [3.05, 3.63) is 28.2 Å². The molecule has 0 radical (unpaired) electrons. The monoisotopic (exact) mass is 314 g/mol. The fourth-order valence-corrected chi connectivity index (χ4v) is 2.87. The smallest absolute Gasteiger partial charge is 0.252 e. The maximum absolute atomic E-state index is 12.0. The second kappa shape index (κ2) is 5.42. The van der Waals surface area contributed by atoms with Crippen molar-refractivity contribution in [1.29, 1.82) is 0 Å². The summed E-state index contributed by atoms with van der Waals surface area (Å²) in [6.07, 6.45) is 1.01. The molecule has 0 aromatic heterocycles. The van der Waals surface area contributed by atoms with Crippen LogP contribution in [0, 0.1) is 0 Å². The number of halogens is 1. The second-order valence-electron chi connectivity index (χ2n) is 4.38. The number of rotatable bonds is 2. The van der Waals surface area contributed by atoms with E-state index in [0.717, 1.165) is 24.0 Å². The van der Waals surface area contributed by atoms with E-state index in [9.17, 15) is 4.79 Å². The molecule has 1 aliphatic rings. The molecular weight excluding hydrogens is 300 g/mol. The molecule has 1 aromatic rings. The Balaban J connectivity index is 2.04. The van der Waals surface area contributed by atoms with Crippen LogP contribution in [-0.4, -0.2) is 37.0 Å². The van der Waals surface area contributed by atoms with E-state index in [1.807, 2.05) is 12.1 Å². The number of hydrogen-bond acceptors (Lipinski definition) is 3. The highest BCUT2D eigenvalue weighted by Crippen LogP contribution is 2.20. The third kappa shape index (κ3) is 3.24. The number of amides is 1. The van der Waals surface area contributed by atoms with Crippen LogP contribution < -0.4 is 5.32 Å². The zero-order valence-corrected chi connectivity index (χ0v) is 12.1. The van der Waals surface area contributed by atoms with Crippen LogP contribution in [-0.2, 0) is 0 Å². The molecule has 17 heavy (non-hydrogen) atoms. The number of carbonyl (C=O) groups is 1. The number of likely N-dealkylation sites (tertiary alicyclic amines) is 1. The molecule has 1 unspecified atom stereocenters. The molecule has 1 saturated heterocycles. The molecule has 1 amide bonds. The number of nitrogens with one attached hydrogen (secondary N) is 1. The van der Waals surface area contributed by atoms with Gasteiger partial charge >= 0.3 is 0 Å². The average molecular weight is 315 g/mol. The fraction of sp³-hybridized carbons (Fsp3) is 0.417. The second-order valence-corrected chi connectivity index (χ2v) is 5.78. The first-order valence-electron chi connectivity index (χ1n) is 5.54. The van der Waals surface area contributed by atoms with Crippen LogP contribution in [0.5, 0.6) is 0 Å². The summed E-state index contributed by atoms with van der Waals surface area (Å²) in [4.78, 5) is 15.0. The molecule has 0 bridgehead atoms. The minimum atomic E-state index is -0.0391. The Kier molecular flexibility index (Phi) is 4.12. The molecule has 1 N–H and O–H groups in total. The molecule has 1 heterocycles. The maximum Gasteiger partial charge on any atom is 0.252 e. The standard InChI is InChI=1S/C12H15BrN2OS/c1-15-5-4-9(7-15)14-12(16)10-3-2-8(13)6-11(10)17/h2-3,6,9,17H,4-5,7H2,1H3,(H,14,16). The molecule has 5 heteroatoms. The van der Waals surface area contributed by atoms with Crippen molar-refractivity contribution in [2.45, 2.75) is 17.4 Å². The Morgan fingerprint density at radius 2 is 2.35 bits per heavy atom. The zero-order chi connectivity index (χ0) is 12.4. The maximum atomic E-state index is 12.0. The number of benzene rings is 1. The Morgan fingerprint density at radius 3 is 2.94 bits per heavy atom. The van der Waals surface area contributed by atoms with E-state index in [1.54, 1.807) is 6.07 Å². The number of hydrogen-bond donors (Lipinski definition) is 2. The third-order valence-electron chi connectivity index (χ3n) is 2.93. The highest BCUT2D eigenvalue weighted by atomic mass is 79.9. The Hall–Kier alpha value is -0.520. The van der Waals surface area contributed by atoms with E-state index < -0.39 is 0 Å². The van der Waals surface area contributed by atoms with E-state index in [1.165, 1.54) is 0 Å². The van der Waals surface area contributed by atoms with Crippen LogP contribution in [0.1, 0.15) is 16.8 Å². The van der Waals surface area contributed by atoms with Crippen molar-refractivity contribution >= 4 is 34.5 Å². The van der Waals surface area contributed by atoms with Gasteiger partial charge in [-0.2, -0.15) is 0 Å². The van der Waals surface area contributed by atoms with Crippen molar-refractivity contribution in [2.75, 3.05) is 20.1 Å². The van der Waals surface area contributed by atoms with E-state index in [2.05, 4.69) is 45.8 Å².